The predicted molar refractivity (Wildman–Crippen MR) is 53.0 cm³/mol. The van der Waals surface area contributed by atoms with Gasteiger partial charge in [0.25, 0.3) is 5.91 Å². The lowest BCUT2D eigenvalue weighted by atomic mass is 10.3. The monoisotopic (exact) mass is 227 g/mol. The third-order valence-corrected chi connectivity index (χ3v) is 2.21. The Kier molecular flexibility index (Phi) is 4.19. The Hall–Kier alpha value is -1.69. The van der Waals surface area contributed by atoms with E-state index in [4.69, 9.17) is 4.74 Å². The average Bonchev–Trinajstić information content (AvgIpc) is 2.66. The zero-order valence-electron chi connectivity index (χ0n) is 8.97. The third-order valence-electron chi connectivity index (χ3n) is 2.21. The molecule has 1 aliphatic rings. The van der Waals surface area contributed by atoms with E-state index in [1.807, 2.05) is 0 Å². The molecule has 0 N–H and O–H groups in total. The Labute approximate surface area is 92.8 Å². The van der Waals surface area contributed by atoms with E-state index in [1.165, 1.54) is 7.11 Å². The molecule has 1 unspecified atom stereocenters. The summed E-state index contributed by atoms with van der Waals surface area (Å²) in [5.41, 5.74) is 0. The Bertz CT molecular complexity index is 325. The lowest BCUT2D eigenvalue weighted by molar-refractivity contribution is -0.159. The van der Waals surface area contributed by atoms with Gasteiger partial charge in [-0.25, -0.2) is 4.79 Å². The number of hydrogen-bond acceptors (Lipinski definition) is 5. The molecule has 1 saturated heterocycles. The number of methoxy groups -OCH3 is 1. The molecule has 88 valence electrons. The highest BCUT2D eigenvalue weighted by atomic mass is 16.5. The van der Waals surface area contributed by atoms with Crippen LogP contribution in [-0.4, -0.2) is 42.6 Å². The minimum Gasteiger partial charge on any atom is -0.452 e. The first-order chi connectivity index (χ1) is 7.60. The molecule has 6 nitrogen and oxygen atoms in total. The average molecular weight is 227 g/mol. The second kappa shape index (κ2) is 5.41. The van der Waals surface area contributed by atoms with Crippen LogP contribution in [0.2, 0.25) is 0 Å². The second-order valence-corrected chi connectivity index (χ2v) is 3.20. The Morgan fingerprint density at radius 1 is 1.62 bits per heavy atom. The summed E-state index contributed by atoms with van der Waals surface area (Å²) in [6.45, 7) is 2.72. The molecular weight excluding hydrogens is 214 g/mol. The minimum atomic E-state index is -0.700. The van der Waals surface area contributed by atoms with Gasteiger partial charge in [0.1, 0.15) is 6.23 Å². The van der Waals surface area contributed by atoms with Crippen LogP contribution in [-0.2, 0) is 23.9 Å². The summed E-state index contributed by atoms with van der Waals surface area (Å²) < 4.78 is 9.52. The first-order valence-corrected chi connectivity index (χ1v) is 4.77. The first kappa shape index (κ1) is 12.4. The molecule has 0 aromatic rings. The number of hydrogen-bond donors (Lipinski definition) is 0. The number of esters is 1. The molecule has 16 heavy (non-hydrogen) atoms. The molecule has 1 rings (SSSR count). The number of carbonyl (C=O) groups excluding carboxylic acids is 3. The molecule has 0 saturated carbocycles. The van der Waals surface area contributed by atoms with E-state index in [0.717, 1.165) is 11.0 Å². The van der Waals surface area contributed by atoms with E-state index in [1.54, 1.807) is 0 Å². The van der Waals surface area contributed by atoms with Crippen molar-refractivity contribution in [2.24, 2.45) is 0 Å². The molecule has 0 radical (unpaired) electrons. The highest BCUT2D eigenvalue weighted by Gasteiger charge is 2.35. The summed E-state index contributed by atoms with van der Waals surface area (Å²) in [7, 11) is 1.42. The summed E-state index contributed by atoms with van der Waals surface area (Å²) in [5.74, 6) is -1.59. The first-order valence-electron chi connectivity index (χ1n) is 4.77. The van der Waals surface area contributed by atoms with Gasteiger partial charge in [-0.05, 0) is 0 Å². The fourth-order valence-corrected chi connectivity index (χ4v) is 1.44. The molecule has 6 heteroatoms. The van der Waals surface area contributed by atoms with Crippen molar-refractivity contribution in [2.75, 3.05) is 13.7 Å². The number of likely N-dealkylation sites (tertiary alicyclic amines) is 1. The van der Waals surface area contributed by atoms with Crippen molar-refractivity contribution in [3.05, 3.63) is 12.7 Å². The number of nitrogens with zero attached hydrogens (tertiary/aromatic N) is 1. The molecule has 1 fully saturated rings. The molecule has 2 amide bonds. The lowest BCUT2D eigenvalue weighted by Crippen LogP contribution is -2.41. The summed E-state index contributed by atoms with van der Waals surface area (Å²) in [5, 5.41) is 0. The van der Waals surface area contributed by atoms with Crippen LogP contribution in [0.25, 0.3) is 0 Å². The maximum Gasteiger partial charge on any atom is 0.330 e. The Morgan fingerprint density at radius 3 is 2.88 bits per heavy atom. The van der Waals surface area contributed by atoms with Gasteiger partial charge in [-0.2, -0.15) is 0 Å². The molecule has 0 aromatic carbocycles. The van der Waals surface area contributed by atoms with Gasteiger partial charge in [-0.15, -0.1) is 0 Å². The van der Waals surface area contributed by atoms with Gasteiger partial charge in [0.2, 0.25) is 5.91 Å². The number of imide groups is 1. The van der Waals surface area contributed by atoms with Crippen molar-refractivity contribution in [3.8, 4) is 0 Å². The maximum absolute atomic E-state index is 11.6. The minimum absolute atomic E-state index is 0.264. The highest BCUT2D eigenvalue weighted by molar-refractivity contribution is 5.98. The van der Waals surface area contributed by atoms with Crippen molar-refractivity contribution < 1.29 is 23.9 Å². The van der Waals surface area contributed by atoms with E-state index in [2.05, 4.69) is 11.3 Å². The predicted octanol–water partition coefficient (Wildman–Crippen LogP) is -0.163. The van der Waals surface area contributed by atoms with E-state index in [0.29, 0.717) is 6.42 Å². The fraction of sp³-hybridized carbons (Fsp3) is 0.500. The van der Waals surface area contributed by atoms with Gasteiger partial charge >= 0.3 is 5.97 Å². The van der Waals surface area contributed by atoms with Crippen molar-refractivity contribution in [3.63, 3.8) is 0 Å². The fourth-order valence-electron chi connectivity index (χ4n) is 1.44. The summed E-state index contributed by atoms with van der Waals surface area (Å²) in [6, 6.07) is 0. The maximum atomic E-state index is 11.6. The van der Waals surface area contributed by atoms with Gasteiger partial charge in [0.05, 0.1) is 0 Å². The van der Waals surface area contributed by atoms with Gasteiger partial charge in [0.15, 0.2) is 6.61 Å². The van der Waals surface area contributed by atoms with Crippen molar-refractivity contribution in [1.82, 2.24) is 4.90 Å². The van der Waals surface area contributed by atoms with Gasteiger partial charge in [-0.3, -0.25) is 14.5 Å². The van der Waals surface area contributed by atoms with Gasteiger partial charge in [-0.1, -0.05) is 6.58 Å². The number of rotatable bonds is 4. The topological polar surface area (TPSA) is 72.9 Å². The second-order valence-electron chi connectivity index (χ2n) is 3.20. The molecule has 0 aromatic heterocycles. The van der Waals surface area contributed by atoms with Crippen LogP contribution in [0, 0.1) is 0 Å². The normalized spacial score (nSPS) is 19.7. The summed E-state index contributed by atoms with van der Waals surface area (Å²) in [6.07, 6.45) is 1.13. The van der Waals surface area contributed by atoms with Crippen LogP contribution < -0.4 is 0 Å². The Balaban J connectivity index is 2.55. The molecule has 0 spiro atoms. The van der Waals surface area contributed by atoms with Crippen LogP contribution in [0.1, 0.15) is 12.8 Å². The van der Waals surface area contributed by atoms with Crippen LogP contribution >= 0.6 is 0 Å². The van der Waals surface area contributed by atoms with Crippen LogP contribution in [0.4, 0.5) is 0 Å². The Morgan fingerprint density at radius 2 is 2.31 bits per heavy atom. The zero-order chi connectivity index (χ0) is 12.1. The van der Waals surface area contributed by atoms with E-state index >= 15 is 0 Å². The molecule has 1 atom stereocenters. The lowest BCUT2D eigenvalue weighted by Gasteiger charge is -2.20. The SMILES string of the molecule is C=CC(=O)OCC(=O)N1C(=O)CCC1OC. The largest absolute Gasteiger partial charge is 0.452 e. The quantitative estimate of drug-likeness (QED) is 0.492. The molecule has 0 aliphatic carbocycles. The third kappa shape index (κ3) is 2.66. The van der Waals surface area contributed by atoms with Crippen molar-refractivity contribution in [1.29, 1.82) is 0 Å². The summed E-state index contributed by atoms with van der Waals surface area (Å²) >= 11 is 0. The number of carbonyl (C=O) groups is 3. The van der Waals surface area contributed by atoms with Gasteiger partial charge in [0, 0.05) is 26.0 Å². The van der Waals surface area contributed by atoms with Crippen molar-refractivity contribution in [2.45, 2.75) is 19.1 Å². The smallest absolute Gasteiger partial charge is 0.330 e. The number of amides is 2. The van der Waals surface area contributed by atoms with Gasteiger partial charge < -0.3 is 9.47 Å². The van der Waals surface area contributed by atoms with Crippen LogP contribution in [0.5, 0.6) is 0 Å². The van der Waals surface area contributed by atoms with Crippen LogP contribution in [0.3, 0.4) is 0 Å². The zero-order valence-corrected chi connectivity index (χ0v) is 8.97. The number of ether oxygens (including phenoxy) is 2. The van der Waals surface area contributed by atoms with E-state index in [-0.39, 0.29) is 12.3 Å². The standard InChI is InChI=1S/C10H13NO5/c1-3-10(14)16-6-8(13)11-7(12)4-5-9(11)15-2/h3,9H,1,4-6H2,2H3. The van der Waals surface area contributed by atoms with E-state index < -0.39 is 24.7 Å². The molecule has 1 aliphatic heterocycles. The molecule has 0 bridgehead atoms. The highest BCUT2D eigenvalue weighted by Crippen LogP contribution is 2.19. The van der Waals surface area contributed by atoms with Crippen LogP contribution in [0.15, 0.2) is 12.7 Å². The van der Waals surface area contributed by atoms with Crippen molar-refractivity contribution >= 4 is 17.8 Å². The molecular formula is C10H13NO5. The van der Waals surface area contributed by atoms with E-state index in [9.17, 15) is 14.4 Å². The molecule has 1 heterocycles. The summed E-state index contributed by atoms with van der Waals surface area (Å²) in [4.78, 5) is 34.6.